The number of rotatable bonds is 3. The Kier molecular flexibility index (Phi) is 6.90. The van der Waals surface area contributed by atoms with Crippen molar-refractivity contribution in [1.29, 1.82) is 0 Å². The third kappa shape index (κ3) is 6.14. The molecule has 0 radical (unpaired) electrons. The Balaban J connectivity index is 0.000000243. The summed E-state index contributed by atoms with van der Waals surface area (Å²) in [7, 11) is 0. The number of hydrogen-bond donors (Lipinski definition) is 3. The fraction of sp³-hybridized carbons (Fsp3) is 0.125. The number of carbonyl (C=O) groups excluding carboxylic acids is 2. The monoisotopic (exact) mass is 330 g/mol. The van der Waals surface area contributed by atoms with E-state index in [1.54, 1.807) is 24.3 Å². The van der Waals surface area contributed by atoms with Crippen LogP contribution in [0.5, 0.6) is 0 Å². The molecule has 0 aromatic heterocycles. The zero-order valence-electron chi connectivity index (χ0n) is 13.3. The largest absolute Gasteiger partial charge is 0.397 e. The molecule has 126 valence electrons. The van der Waals surface area contributed by atoms with Crippen LogP contribution in [-0.4, -0.2) is 16.7 Å². The Bertz CT molecular complexity index is 746. The van der Waals surface area contributed by atoms with Crippen LogP contribution < -0.4 is 16.4 Å². The highest BCUT2D eigenvalue weighted by atomic mass is 16.6. The molecule has 2 aromatic rings. The molecule has 0 fully saturated rings. The van der Waals surface area contributed by atoms with Crippen LogP contribution in [0, 0.1) is 10.1 Å². The van der Waals surface area contributed by atoms with Crippen LogP contribution in [0.25, 0.3) is 0 Å². The number of benzene rings is 2. The van der Waals surface area contributed by atoms with Crippen molar-refractivity contribution in [2.75, 3.05) is 16.4 Å². The highest BCUT2D eigenvalue weighted by molar-refractivity contribution is 5.92. The van der Waals surface area contributed by atoms with Crippen LogP contribution in [0.3, 0.4) is 0 Å². The summed E-state index contributed by atoms with van der Waals surface area (Å²) >= 11 is 0. The molecule has 2 rings (SSSR count). The van der Waals surface area contributed by atoms with E-state index in [9.17, 15) is 19.7 Å². The van der Waals surface area contributed by atoms with Gasteiger partial charge in [0.05, 0.1) is 16.3 Å². The molecule has 0 spiro atoms. The topological polar surface area (TPSA) is 127 Å². The third-order valence-corrected chi connectivity index (χ3v) is 2.68. The summed E-state index contributed by atoms with van der Waals surface area (Å²) in [6, 6.07) is 13.1. The summed E-state index contributed by atoms with van der Waals surface area (Å²) in [6.45, 7) is 2.75. The van der Waals surface area contributed by atoms with E-state index < -0.39 is 4.92 Å². The van der Waals surface area contributed by atoms with Crippen molar-refractivity contribution in [2.24, 2.45) is 0 Å². The minimum Gasteiger partial charge on any atom is -0.397 e. The van der Waals surface area contributed by atoms with Crippen LogP contribution >= 0.6 is 0 Å². The maximum Gasteiger partial charge on any atom is 0.292 e. The fourth-order valence-electron chi connectivity index (χ4n) is 1.73. The molecule has 4 N–H and O–H groups in total. The fourth-order valence-corrected chi connectivity index (χ4v) is 1.73. The number of para-hydroxylation sites is 4. The van der Waals surface area contributed by atoms with Gasteiger partial charge in [0.25, 0.3) is 5.69 Å². The van der Waals surface area contributed by atoms with Gasteiger partial charge in [0.1, 0.15) is 5.69 Å². The molecular weight excluding hydrogens is 312 g/mol. The number of nitro groups is 1. The zero-order chi connectivity index (χ0) is 18.1. The van der Waals surface area contributed by atoms with Crippen molar-refractivity contribution in [3.63, 3.8) is 0 Å². The predicted octanol–water partition coefficient (Wildman–Crippen LogP) is 2.78. The second-order valence-electron chi connectivity index (χ2n) is 4.72. The Morgan fingerprint density at radius 2 is 1.38 bits per heavy atom. The quantitative estimate of drug-likeness (QED) is 0.453. The summed E-state index contributed by atoms with van der Waals surface area (Å²) < 4.78 is 0. The number of nitrogens with zero attached hydrogens (tertiary/aromatic N) is 1. The second-order valence-corrected chi connectivity index (χ2v) is 4.72. The molecular formula is C16H18N4O4. The highest BCUT2D eigenvalue weighted by Gasteiger charge is 2.12. The van der Waals surface area contributed by atoms with Crippen molar-refractivity contribution in [2.45, 2.75) is 13.8 Å². The number of hydrogen-bond acceptors (Lipinski definition) is 5. The van der Waals surface area contributed by atoms with Gasteiger partial charge in [-0.1, -0.05) is 24.3 Å². The summed E-state index contributed by atoms with van der Waals surface area (Å²) in [6.07, 6.45) is 0. The molecule has 0 aliphatic rings. The lowest BCUT2D eigenvalue weighted by Crippen LogP contribution is -2.07. The highest BCUT2D eigenvalue weighted by Crippen LogP contribution is 2.22. The molecule has 8 heteroatoms. The molecule has 0 bridgehead atoms. The molecule has 8 nitrogen and oxygen atoms in total. The summed E-state index contributed by atoms with van der Waals surface area (Å²) in [5, 5.41) is 15.4. The first kappa shape index (κ1) is 18.6. The Morgan fingerprint density at radius 1 is 0.917 bits per heavy atom. The molecule has 0 heterocycles. The van der Waals surface area contributed by atoms with Crippen molar-refractivity contribution in [3.8, 4) is 0 Å². The molecule has 24 heavy (non-hydrogen) atoms. The molecule has 0 aliphatic heterocycles. The van der Waals surface area contributed by atoms with E-state index in [2.05, 4.69) is 10.6 Å². The number of nitrogens with two attached hydrogens (primary N) is 1. The summed E-state index contributed by atoms with van der Waals surface area (Å²) in [4.78, 5) is 31.2. The van der Waals surface area contributed by atoms with E-state index in [0.717, 1.165) is 0 Å². The van der Waals surface area contributed by atoms with Gasteiger partial charge in [-0.05, 0) is 18.2 Å². The van der Waals surface area contributed by atoms with E-state index in [1.165, 1.54) is 26.0 Å². The lowest BCUT2D eigenvalue weighted by atomic mass is 10.2. The third-order valence-electron chi connectivity index (χ3n) is 2.68. The van der Waals surface area contributed by atoms with E-state index in [-0.39, 0.29) is 23.2 Å². The van der Waals surface area contributed by atoms with Crippen LogP contribution in [0.2, 0.25) is 0 Å². The lowest BCUT2D eigenvalue weighted by Gasteiger charge is -2.03. The Hall–Kier alpha value is -3.42. The van der Waals surface area contributed by atoms with Gasteiger partial charge in [-0.25, -0.2) is 0 Å². The molecule has 2 aromatic carbocycles. The van der Waals surface area contributed by atoms with E-state index in [4.69, 9.17) is 5.73 Å². The molecule has 0 atom stereocenters. The Labute approximate surface area is 138 Å². The number of nitro benzene ring substituents is 1. The van der Waals surface area contributed by atoms with Gasteiger partial charge in [0.2, 0.25) is 11.8 Å². The zero-order valence-corrected chi connectivity index (χ0v) is 13.3. The van der Waals surface area contributed by atoms with Crippen molar-refractivity contribution >= 4 is 34.6 Å². The van der Waals surface area contributed by atoms with Crippen LogP contribution in [-0.2, 0) is 9.59 Å². The average molecular weight is 330 g/mol. The van der Waals surface area contributed by atoms with Crippen molar-refractivity contribution in [3.05, 3.63) is 58.6 Å². The van der Waals surface area contributed by atoms with Gasteiger partial charge >= 0.3 is 0 Å². The van der Waals surface area contributed by atoms with Crippen molar-refractivity contribution in [1.82, 2.24) is 0 Å². The van der Waals surface area contributed by atoms with Gasteiger partial charge in [0.15, 0.2) is 0 Å². The summed E-state index contributed by atoms with van der Waals surface area (Å²) in [5.74, 6) is -0.433. The van der Waals surface area contributed by atoms with Crippen LogP contribution in [0.15, 0.2) is 48.5 Å². The number of nitrogen functional groups attached to an aromatic ring is 1. The van der Waals surface area contributed by atoms with Crippen molar-refractivity contribution < 1.29 is 14.5 Å². The van der Waals surface area contributed by atoms with E-state index in [1.807, 2.05) is 12.1 Å². The predicted molar refractivity (Wildman–Crippen MR) is 92.6 cm³/mol. The second kappa shape index (κ2) is 8.89. The molecule has 2 amide bonds. The van der Waals surface area contributed by atoms with Gasteiger partial charge in [-0.2, -0.15) is 0 Å². The minimum absolute atomic E-state index is 0.0994. The lowest BCUT2D eigenvalue weighted by molar-refractivity contribution is -0.383. The normalized spacial score (nSPS) is 9.25. The average Bonchev–Trinajstić information content (AvgIpc) is 2.49. The maximum atomic E-state index is 10.7. The van der Waals surface area contributed by atoms with Gasteiger partial charge in [0, 0.05) is 19.9 Å². The summed E-state index contributed by atoms with van der Waals surface area (Å²) in [5.41, 5.74) is 6.93. The molecule has 0 aliphatic carbocycles. The first-order chi connectivity index (χ1) is 11.3. The first-order valence-corrected chi connectivity index (χ1v) is 6.94. The van der Waals surface area contributed by atoms with Gasteiger partial charge in [-0.15, -0.1) is 0 Å². The standard InChI is InChI=1S/C8H8N2O3.C8H10N2O/c1-6(11)9-7-4-2-3-5-8(7)10(12)13;1-6(11)10-8-5-3-2-4-7(8)9/h2-5H,1H3,(H,9,11);2-5H,9H2,1H3,(H,10,11). The SMILES string of the molecule is CC(=O)Nc1ccccc1N.CC(=O)Nc1ccccc1[N+](=O)[O-]. The first-order valence-electron chi connectivity index (χ1n) is 6.94. The number of carbonyl (C=O) groups is 2. The number of nitrogens with one attached hydrogen (secondary N) is 2. The van der Waals surface area contributed by atoms with Crippen LogP contribution in [0.1, 0.15) is 13.8 Å². The van der Waals surface area contributed by atoms with Gasteiger partial charge in [-0.3, -0.25) is 19.7 Å². The Morgan fingerprint density at radius 3 is 1.88 bits per heavy atom. The smallest absolute Gasteiger partial charge is 0.292 e. The molecule has 0 unspecified atom stereocenters. The molecule has 0 saturated heterocycles. The van der Waals surface area contributed by atoms with Crippen LogP contribution in [0.4, 0.5) is 22.7 Å². The van der Waals surface area contributed by atoms with Gasteiger partial charge < -0.3 is 16.4 Å². The van der Waals surface area contributed by atoms with E-state index in [0.29, 0.717) is 11.4 Å². The number of anilines is 3. The number of amides is 2. The minimum atomic E-state index is -0.536. The maximum absolute atomic E-state index is 10.7. The molecule has 0 saturated carbocycles. The van der Waals surface area contributed by atoms with E-state index >= 15 is 0 Å².